The summed E-state index contributed by atoms with van der Waals surface area (Å²) in [6, 6.07) is 10.4. The molecule has 0 atom stereocenters. The van der Waals surface area contributed by atoms with Crippen LogP contribution in [0.3, 0.4) is 0 Å². The van der Waals surface area contributed by atoms with E-state index in [-0.39, 0.29) is 12.6 Å². The highest BCUT2D eigenvalue weighted by molar-refractivity contribution is 7.89. The van der Waals surface area contributed by atoms with E-state index in [1.807, 2.05) is 13.8 Å². The molecule has 0 aliphatic carbocycles. The Bertz CT molecular complexity index is 833. The molecule has 2 rings (SSSR count). The molecule has 2 aromatic rings. The topological polar surface area (TPSA) is 55.4 Å². The van der Waals surface area contributed by atoms with Gasteiger partial charge in [-0.3, -0.25) is 0 Å². The summed E-state index contributed by atoms with van der Waals surface area (Å²) in [4.78, 5) is -0.433. The van der Waals surface area contributed by atoms with E-state index in [0.717, 1.165) is 18.2 Å². The highest BCUT2D eigenvalue weighted by Crippen LogP contribution is 2.30. The van der Waals surface area contributed by atoms with Gasteiger partial charge in [0, 0.05) is 6.54 Å². The fourth-order valence-electron chi connectivity index (χ4n) is 2.10. The van der Waals surface area contributed by atoms with Crippen molar-refractivity contribution in [3.8, 4) is 5.75 Å². The third-order valence-corrected chi connectivity index (χ3v) is 4.61. The SMILES string of the molecule is CC(C)Oc1cccc(CNS(=O)(=O)c2cccc(C(F)(F)F)c2)c1. The van der Waals surface area contributed by atoms with Crippen molar-refractivity contribution < 1.29 is 26.3 Å². The highest BCUT2D eigenvalue weighted by Gasteiger charge is 2.31. The fraction of sp³-hybridized carbons (Fsp3) is 0.294. The largest absolute Gasteiger partial charge is 0.491 e. The number of alkyl halides is 3. The Morgan fingerprint density at radius 2 is 1.76 bits per heavy atom. The minimum atomic E-state index is -4.60. The molecular weight excluding hydrogens is 355 g/mol. The van der Waals surface area contributed by atoms with Gasteiger partial charge >= 0.3 is 6.18 Å². The van der Waals surface area contributed by atoms with Gasteiger partial charge in [0.15, 0.2) is 0 Å². The number of nitrogens with one attached hydrogen (secondary N) is 1. The number of sulfonamides is 1. The molecule has 2 aromatic carbocycles. The van der Waals surface area contributed by atoms with Crippen LogP contribution in [0.1, 0.15) is 25.0 Å². The van der Waals surface area contributed by atoms with Crippen LogP contribution < -0.4 is 9.46 Å². The van der Waals surface area contributed by atoms with E-state index in [9.17, 15) is 21.6 Å². The Hall–Kier alpha value is -2.06. The van der Waals surface area contributed by atoms with Gasteiger partial charge in [-0.1, -0.05) is 18.2 Å². The van der Waals surface area contributed by atoms with Gasteiger partial charge in [0.25, 0.3) is 0 Å². The van der Waals surface area contributed by atoms with Crippen molar-refractivity contribution in [2.24, 2.45) is 0 Å². The first-order chi connectivity index (χ1) is 11.6. The average molecular weight is 373 g/mol. The average Bonchev–Trinajstić information content (AvgIpc) is 2.52. The number of rotatable bonds is 6. The summed E-state index contributed by atoms with van der Waals surface area (Å²) in [6.07, 6.45) is -4.63. The minimum Gasteiger partial charge on any atom is -0.491 e. The van der Waals surface area contributed by atoms with Crippen LogP contribution >= 0.6 is 0 Å². The molecule has 8 heteroatoms. The molecule has 0 aliphatic rings. The van der Waals surface area contributed by atoms with Crippen molar-refractivity contribution in [3.05, 3.63) is 59.7 Å². The predicted molar refractivity (Wildman–Crippen MR) is 87.7 cm³/mol. The summed E-state index contributed by atoms with van der Waals surface area (Å²) in [5.41, 5.74) is -0.378. The van der Waals surface area contributed by atoms with Crippen LogP contribution in [0.4, 0.5) is 13.2 Å². The van der Waals surface area contributed by atoms with E-state index in [2.05, 4.69) is 4.72 Å². The van der Waals surface area contributed by atoms with E-state index in [1.165, 1.54) is 0 Å². The first-order valence-electron chi connectivity index (χ1n) is 7.50. The number of benzene rings is 2. The van der Waals surface area contributed by atoms with E-state index >= 15 is 0 Å². The summed E-state index contributed by atoms with van der Waals surface area (Å²) in [5, 5.41) is 0. The minimum absolute atomic E-state index is 0.0305. The summed E-state index contributed by atoms with van der Waals surface area (Å²) < 4.78 is 70.5. The number of hydrogen-bond donors (Lipinski definition) is 1. The molecule has 0 heterocycles. The molecule has 25 heavy (non-hydrogen) atoms. The van der Waals surface area contributed by atoms with Crippen molar-refractivity contribution in [1.82, 2.24) is 4.72 Å². The van der Waals surface area contributed by atoms with E-state index in [1.54, 1.807) is 24.3 Å². The summed E-state index contributed by atoms with van der Waals surface area (Å²) in [5.74, 6) is 0.589. The van der Waals surface area contributed by atoms with Crippen LogP contribution in [-0.4, -0.2) is 14.5 Å². The second-order valence-corrected chi connectivity index (χ2v) is 7.43. The van der Waals surface area contributed by atoms with Crippen molar-refractivity contribution in [1.29, 1.82) is 0 Å². The van der Waals surface area contributed by atoms with Gasteiger partial charge in [0.1, 0.15) is 5.75 Å². The maximum absolute atomic E-state index is 12.7. The molecule has 1 N–H and O–H groups in total. The zero-order chi connectivity index (χ0) is 18.7. The van der Waals surface area contributed by atoms with Crippen LogP contribution in [0.5, 0.6) is 5.75 Å². The molecule has 0 aromatic heterocycles. The van der Waals surface area contributed by atoms with Gasteiger partial charge in [-0.15, -0.1) is 0 Å². The Morgan fingerprint density at radius 3 is 2.40 bits per heavy atom. The molecule has 0 saturated heterocycles. The number of halogens is 3. The lowest BCUT2D eigenvalue weighted by Gasteiger charge is -2.12. The zero-order valence-electron chi connectivity index (χ0n) is 13.7. The molecule has 0 bridgehead atoms. The van der Waals surface area contributed by atoms with Gasteiger partial charge in [0.2, 0.25) is 10.0 Å². The molecule has 0 aliphatic heterocycles. The molecule has 0 fully saturated rings. The van der Waals surface area contributed by atoms with Crippen LogP contribution in [-0.2, 0) is 22.7 Å². The molecule has 0 amide bonds. The quantitative estimate of drug-likeness (QED) is 0.834. The van der Waals surface area contributed by atoms with Gasteiger partial charge in [0.05, 0.1) is 16.6 Å². The second kappa shape index (κ2) is 7.45. The van der Waals surface area contributed by atoms with E-state index in [0.29, 0.717) is 17.4 Å². The lowest BCUT2D eigenvalue weighted by Crippen LogP contribution is -2.23. The Labute approximate surface area is 144 Å². The number of ether oxygens (including phenoxy) is 1. The lowest BCUT2D eigenvalue weighted by atomic mass is 10.2. The van der Waals surface area contributed by atoms with Crippen LogP contribution in [0.2, 0.25) is 0 Å². The van der Waals surface area contributed by atoms with Gasteiger partial charge in [-0.05, 0) is 49.7 Å². The van der Waals surface area contributed by atoms with E-state index in [4.69, 9.17) is 4.74 Å². The molecule has 0 radical (unpaired) electrons. The normalized spacial score (nSPS) is 12.4. The lowest BCUT2D eigenvalue weighted by molar-refractivity contribution is -0.137. The van der Waals surface area contributed by atoms with E-state index < -0.39 is 26.7 Å². The molecule has 0 spiro atoms. The first kappa shape index (κ1) is 19.3. The Balaban J connectivity index is 2.15. The summed E-state index contributed by atoms with van der Waals surface area (Å²) >= 11 is 0. The molecule has 0 unspecified atom stereocenters. The Kier molecular flexibility index (Phi) is 5.74. The first-order valence-corrected chi connectivity index (χ1v) is 8.99. The van der Waals surface area contributed by atoms with Gasteiger partial charge in [-0.2, -0.15) is 13.2 Å². The number of hydrogen-bond acceptors (Lipinski definition) is 3. The Morgan fingerprint density at radius 1 is 1.08 bits per heavy atom. The maximum atomic E-state index is 12.7. The fourth-order valence-corrected chi connectivity index (χ4v) is 3.17. The van der Waals surface area contributed by atoms with Crippen LogP contribution in [0.15, 0.2) is 53.4 Å². The monoisotopic (exact) mass is 373 g/mol. The van der Waals surface area contributed by atoms with Gasteiger partial charge in [-0.25, -0.2) is 13.1 Å². The van der Waals surface area contributed by atoms with Crippen molar-refractivity contribution in [2.75, 3.05) is 0 Å². The standard InChI is InChI=1S/C17H18F3NO3S/c1-12(2)24-15-7-3-5-13(9-15)11-21-25(22,23)16-8-4-6-14(10-16)17(18,19)20/h3-10,12,21H,11H2,1-2H3. The molecule has 0 saturated carbocycles. The molecular formula is C17H18F3NO3S. The van der Waals surface area contributed by atoms with Crippen LogP contribution in [0, 0.1) is 0 Å². The molecule has 4 nitrogen and oxygen atoms in total. The zero-order valence-corrected chi connectivity index (χ0v) is 14.5. The predicted octanol–water partition coefficient (Wildman–Crippen LogP) is 3.97. The third-order valence-electron chi connectivity index (χ3n) is 3.21. The summed E-state index contributed by atoms with van der Waals surface area (Å²) in [7, 11) is -4.07. The summed E-state index contributed by atoms with van der Waals surface area (Å²) in [6.45, 7) is 3.67. The maximum Gasteiger partial charge on any atom is 0.416 e. The smallest absolute Gasteiger partial charge is 0.416 e. The van der Waals surface area contributed by atoms with Crippen molar-refractivity contribution in [2.45, 2.75) is 37.6 Å². The highest BCUT2D eigenvalue weighted by atomic mass is 32.2. The molecule has 136 valence electrons. The van der Waals surface area contributed by atoms with Crippen LogP contribution in [0.25, 0.3) is 0 Å². The third kappa shape index (κ3) is 5.47. The van der Waals surface area contributed by atoms with Gasteiger partial charge < -0.3 is 4.74 Å². The van der Waals surface area contributed by atoms with Crippen molar-refractivity contribution >= 4 is 10.0 Å². The van der Waals surface area contributed by atoms with Crippen molar-refractivity contribution in [3.63, 3.8) is 0 Å². The second-order valence-electron chi connectivity index (χ2n) is 5.66.